The van der Waals surface area contributed by atoms with Crippen molar-refractivity contribution in [3.8, 4) is 0 Å². The fourth-order valence-electron chi connectivity index (χ4n) is 4.09. The monoisotopic (exact) mass is 346 g/mol. The van der Waals surface area contributed by atoms with Crippen LogP contribution in [0.25, 0.3) is 10.2 Å². The van der Waals surface area contributed by atoms with E-state index >= 15 is 0 Å². The molecule has 2 aromatic rings. The number of methoxy groups -OCH3 is 1. The minimum absolute atomic E-state index is 0.341. The summed E-state index contributed by atoms with van der Waals surface area (Å²) in [5.41, 5.74) is 9.69. The molecule has 4 rings (SSSR count). The molecule has 1 fully saturated rings. The maximum Gasteiger partial charge on any atom is 0.350 e. The molecule has 0 atom stereocenters. The second-order valence-corrected chi connectivity index (χ2v) is 7.75. The van der Waals surface area contributed by atoms with Crippen molar-refractivity contribution in [2.24, 2.45) is 0 Å². The van der Waals surface area contributed by atoms with E-state index in [1.807, 2.05) is 0 Å². The number of hydrogen-bond donors (Lipinski definition) is 1. The van der Waals surface area contributed by atoms with E-state index in [1.54, 1.807) is 0 Å². The van der Waals surface area contributed by atoms with Gasteiger partial charge in [0.05, 0.1) is 31.3 Å². The first-order valence-corrected chi connectivity index (χ1v) is 9.64. The highest BCUT2D eigenvalue weighted by molar-refractivity contribution is 7.20. The lowest BCUT2D eigenvalue weighted by atomic mass is 9.89. The molecule has 1 saturated heterocycles. The highest BCUT2D eigenvalue weighted by atomic mass is 32.1. The SMILES string of the molecule is COC(=O)c1sc2[nH+]c(N3CCCCC3)c3c(c2c1N)CCCC3. The fourth-order valence-corrected chi connectivity index (χ4v) is 5.15. The minimum Gasteiger partial charge on any atom is -0.465 e. The number of nitrogens with two attached hydrogens (primary N) is 1. The second-order valence-electron chi connectivity index (χ2n) is 6.73. The average molecular weight is 346 g/mol. The Morgan fingerprint density at radius 2 is 1.83 bits per heavy atom. The Hall–Kier alpha value is -1.82. The van der Waals surface area contributed by atoms with Gasteiger partial charge in [-0.1, -0.05) is 11.3 Å². The summed E-state index contributed by atoms with van der Waals surface area (Å²) in [4.78, 5) is 19.7. The van der Waals surface area contributed by atoms with Crippen LogP contribution in [0.5, 0.6) is 0 Å². The molecular formula is C18H24N3O2S+. The quantitative estimate of drug-likeness (QED) is 0.849. The van der Waals surface area contributed by atoms with Crippen LogP contribution in [0.4, 0.5) is 11.5 Å². The lowest BCUT2D eigenvalue weighted by Gasteiger charge is -2.26. The molecule has 6 heteroatoms. The Kier molecular flexibility index (Phi) is 4.08. The Bertz CT molecular complexity index is 793. The molecular weight excluding hydrogens is 322 g/mol. The van der Waals surface area contributed by atoms with Gasteiger partial charge in [-0.3, -0.25) is 4.90 Å². The number of aryl methyl sites for hydroxylation is 1. The molecule has 2 aromatic heterocycles. The van der Waals surface area contributed by atoms with Crippen LogP contribution in [0.15, 0.2) is 0 Å². The van der Waals surface area contributed by atoms with Crippen molar-refractivity contribution in [3.05, 3.63) is 16.0 Å². The van der Waals surface area contributed by atoms with Crippen molar-refractivity contribution >= 4 is 39.0 Å². The van der Waals surface area contributed by atoms with Gasteiger partial charge in [0.25, 0.3) is 5.82 Å². The normalized spacial score (nSPS) is 17.8. The largest absolute Gasteiger partial charge is 0.465 e. The van der Waals surface area contributed by atoms with Gasteiger partial charge < -0.3 is 10.5 Å². The Balaban J connectivity index is 1.92. The maximum atomic E-state index is 12.0. The van der Waals surface area contributed by atoms with E-state index < -0.39 is 0 Å². The molecule has 3 N–H and O–H groups in total. The van der Waals surface area contributed by atoms with E-state index in [-0.39, 0.29) is 5.97 Å². The number of aromatic amines is 1. The highest BCUT2D eigenvalue weighted by Gasteiger charge is 2.31. The minimum atomic E-state index is -0.341. The molecule has 1 aliphatic carbocycles. The zero-order chi connectivity index (χ0) is 16.7. The van der Waals surface area contributed by atoms with Crippen LogP contribution < -0.4 is 15.6 Å². The van der Waals surface area contributed by atoms with Gasteiger partial charge in [0.2, 0.25) is 0 Å². The number of nitrogens with one attached hydrogen (secondary N) is 1. The van der Waals surface area contributed by atoms with Crippen LogP contribution in [0.1, 0.15) is 52.9 Å². The van der Waals surface area contributed by atoms with Crippen molar-refractivity contribution in [1.29, 1.82) is 0 Å². The molecule has 1 aliphatic heterocycles. The smallest absolute Gasteiger partial charge is 0.350 e. The molecule has 0 spiro atoms. The molecule has 5 nitrogen and oxygen atoms in total. The van der Waals surface area contributed by atoms with Crippen LogP contribution in [0, 0.1) is 0 Å². The van der Waals surface area contributed by atoms with Crippen LogP contribution in [-0.2, 0) is 17.6 Å². The van der Waals surface area contributed by atoms with E-state index in [1.165, 1.54) is 67.5 Å². The number of fused-ring (bicyclic) bond motifs is 3. The molecule has 0 bridgehead atoms. The number of carbonyl (C=O) groups excluding carboxylic acids is 1. The van der Waals surface area contributed by atoms with Crippen LogP contribution >= 0.6 is 11.3 Å². The third kappa shape index (κ3) is 2.44. The molecule has 24 heavy (non-hydrogen) atoms. The van der Waals surface area contributed by atoms with Crippen molar-refractivity contribution in [2.75, 3.05) is 30.8 Å². The third-order valence-corrected chi connectivity index (χ3v) is 6.38. The predicted octanol–water partition coefficient (Wildman–Crippen LogP) is 2.95. The summed E-state index contributed by atoms with van der Waals surface area (Å²) in [5, 5.41) is 1.05. The molecule has 0 unspecified atom stereocenters. The number of rotatable bonds is 2. The first-order valence-electron chi connectivity index (χ1n) is 8.83. The van der Waals surface area contributed by atoms with Gasteiger partial charge in [-0.25, -0.2) is 9.78 Å². The molecule has 128 valence electrons. The van der Waals surface area contributed by atoms with Crippen LogP contribution in [0.2, 0.25) is 0 Å². The van der Waals surface area contributed by atoms with Gasteiger partial charge in [0.1, 0.15) is 4.88 Å². The molecule has 0 saturated carbocycles. The number of hydrogen-bond acceptors (Lipinski definition) is 5. The number of esters is 1. The average Bonchev–Trinajstić information content (AvgIpc) is 2.98. The van der Waals surface area contributed by atoms with Gasteiger partial charge in [-0.05, 0) is 50.5 Å². The number of pyridine rings is 1. The van der Waals surface area contributed by atoms with Crippen molar-refractivity contribution in [1.82, 2.24) is 0 Å². The summed E-state index contributed by atoms with van der Waals surface area (Å²) in [6, 6.07) is 0. The van der Waals surface area contributed by atoms with Crippen molar-refractivity contribution in [3.63, 3.8) is 0 Å². The number of piperidine rings is 1. The van der Waals surface area contributed by atoms with E-state index in [0.29, 0.717) is 10.6 Å². The van der Waals surface area contributed by atoms with Gasteiger partial charge in [-0.15, -0.1) is 0 Å². The van der Waals surface area contributed by atoms with E-state index in [9.17, 15) is 4.79 Å². The number of nitrogen functional groups attached to an aromatic ring is 1. The molecule has 2 aliphatic rings. The summed E-state index contributed by atoms with van der Waals surface area (Å²) >= 11 is 1.43. The highest BCUT2D eigenvalue weighted by Crippen LogP contribution is 2.40. The molecule has 0 radical (unpaired) electrons. The lowest BCUT2D eigenvalue weighted by Crippen LogP contribution is -2.36. The van der Waals surface area contributed by atoms with Crippen molar-refractivity contribution in [2.45, 2.75) is 44.9 Å². The molecule has 0 aromatic carbocycles. The molecule has 3 heterocycles. The zero-order valence-electron chi connectivity index (χ0n) is 14.1. The topological polar surface area (TPSA) is 69.7 Å². The molecule has 0 amide bonds. The van der Waals surface area contributed by atoms with Gasteiger partial charge >= 0.3 is 5.97 Å². The first kappa shape index (κ1) is 15.7. The van der Waals surface area contributed by atoms with Gasteiger partial charge in [-0.2, -0.15) is 0 Å². The van der Waals surface area contributed by atoms with Crippen molar-refractivity contribution < 1.29 is 14.5 Å². The Morgan fingerprint density at radius 1 is 1.12 bits per heavy atom. The van der Waals surface area contributed by atoms with Gasteiger partial charge in [0.15, 0.2) is 4.83 Å². The summed E-state index contributed by atoms with van der Waals surface area (Å²) in [6.45, 7) is 2.22. The first-order chi connectivity index (χ1) is 11.7. The number of nitrogens with zero attached hydrogens (tertiary/aromatic N) is 1. The van der Waals surface area contributed by atoms with Crippen LogP contribution in [0.3, 0.4) is 0 Å². The summed E-state index contributed by atoms with van der Waals surface area (Å²) < 4.78 is 4.90. The number of ether oxygens (including phenoxy) is 1. The van der Waals surface area contributed by atoms with Gasteiger partial charge in [0, 0.05) is 5.56 Å². The number of anilines is 2. The fraction of sp³-hybridized carbons (Fsp3) is 0.556. The number of H-pyrrole nitrogens is 1. The number of carbonyl (C=O) groups is 1. The van der Waals surface area contributed by atoms with E-state index in [2.05, 4.69) is 9.88 Å². The summed E-state index contributed by atoms with van der Waals surface area (Å²) in [7, 11) is 1.41. The number of aromatic nitrogens is 1. The standard InChI is InChI=1S/C18H23N3O2S/c1-23-18(22)15-14(19)13-11-7-3-4-8-12(11)16(20-17(13)24-15)21-9-5-2-6-10-21/h2-10,19H2,1H3/p+1. The van der Waals surface area contributed by atoms with E-state index in [4.69, 9.17) is 10.5 Å². The zero-order valence-corrected chi connectivity index (χ0v) is 14.9. The summed E-state index contributed by atoms with van der Waals surface area (Å²) in [6.07, 6.45) is 8.37. The maximum absolute atomic E-state index is 12.0. The number of thiophene rings is 1. The third-order valence-electron chi connectivity index (χ3n) is 5.28. The predicted molar refractivity (Wildman–Crippen MR) is 96.8 cm³/mol. The Morgan fingerprint density at radius 3 is 2.54 bits per heavy atom. The lowest BCUT2D eigenvalue weighted by molar-refractivity contribution is -0.328. The summed E-state index contributed by atoms with van der Waals surface area (Å²) in [5.74, 6) is 0.917. The van der Waals surface area contributed by atoms with E-state index in [0.717, 1.165) is 36.1 Å². The Labute approximate surface area is 145 Å². The second kappa shape index (κ2) is 6.24. The van der Waals surface area contributed by atoms with Crippen LogP contribution in [-0.4, -0.2) is 26.2 Å².